The highest BCUT2D eigenvalue weighted by Crippen LogP contribution is 2.23. The van der Waals surface area contributed by atoms with Crippen molar-refractivity contribution < 1.29 is 0 Å². The molecule has 0 aliphatic rings. The summed E-state index contributed by atoms with van der Waals surface area (Å²) in [5.74, 6) is 0.215. The minimum Gasteiger partial charge on any atom is -0.387 e. The second kappa shape index (κ2) is 8.78. The summed E-state index contributed by atoms with van der Waals surface area (Å²) in [6.07, 6.45) is 2.53. The topological polar surface area (TPSA) is 48.2 Å². The third-order valence-electron chi connectivity index (χ3n) is 3.92. The van der Waals surface area contributed by atoms with Gasteiger partial charge in [-0.1, -0.05) is 61.2 Å². The van der Waals surface area contributed by atoms with E-state index >= 15 is 0 Å². The first kappa shape index (κ1) is 18.4. The van der Waals surface area contributed by atoms with Gasteiger partial charge in [-0.2, -0.15) is 0 Å². The average molecular weight is 331 g/mol. The van der Waals surface area contributed by atoms with E-state index in [0.717, 1.165) is 28.8 Å². The van der Waals surface area contributed by atoms with E-state index in [1.165, 1.54) is 11.1 Å². The zero-order valence-electron chi connectivity index (χ0n) is 15.1. The Balaban J connectivity index is 2.35. The van der Waals surface area contributed by atoms with Crippen LogP contribution in [0.15, 0.2) is 77.3 Å². The summed E-state index contributed by atoms with van der Waals surface area (Å²) < 4.78 is 0. The molecule has 0 bridgehead atoms. The number of benzene rings is 2. The number of amidine groups is 1. The molecule has 0 saturated heterocycles. The molecule has 2 N–H and O–H groups in total. The van der Waals surface area contributed by atoms with Crippen LogP contribution >= 0.6 is 0 Å². The third kappa shape index (κ3) is 4.77. The predicted molar refractivity (Wildman–Crippen MR) is 108 cm³/mol. The van der Waals surface area contributed by atoms with E-state index in [1.807, 2.05) is 27.0 Å². The Morgan fingerprint density at radius 3 is 2.20 bits per heavy atom. The summed E-state index contributed by atoms with van der Waals surface area (Å²) in [4.78, 5) is 4.11. The van der Waals surface area contributed by atoms with Gasteiger partial charge in [-0.15, -0.1) is 0 Å². The van der Waals surface area contributed by atoms with Gasteiger partial charge in [0.2, 0.25) is 0 Å². The van der Waals surface area contributed by atoms with Crippen molar-refractivity contribution in [1.29, 1.82) is 5.41 Å². The molecule has 2 rings (SSSR count). The fraction of sp³-hybridized carbons (Fsp3) is 0.182. The normalized spacial score (nSPS) is 12.0. The Hall–Kier alpha value is -2.94. The van der Waals surface area contributed by atoms with Crippen molar-refractivity contribution in [3.05, 3.63) is 89.0 Å². The molecule has 2 aromatic rings. The Morgan fingerprint density at radius 2 is 1.68 bits per heavy atom. The maximum Gasteiger partial charge on any atom is 0.153 e. The fourth-order valence-corrected chi connectivity index (χ4v) is 2.76. The largest absolute Gasteiger partial charge is 0.387 e. The number of nitrogens with zero attached hydrogens (tertiary/aromatic N) is 1. The summed E-state index contributed by atoms with van der Waals surface area (Å²) in [7, 11) is 1.86. The summed E-state index contributed by atoms with van der Waals surface area (Å²) in [6.45, 7) is 7.72. The molecule has 0 aliphatic carbocycles. The van der Waals surface area contributed by atoms with Crippen molar-refractivity contribution in [3.8, 4) is 0 Å². The molecule has 0 aliphatic heterocycles. The zero-order valence-corrected chi connectivity index (χ0v) is 15.1. The van der Waals surface area contributed by atoms with Crippen LogP contribution in [-0.2, 0) is 6.42 Å². The second-order valence-corrected chi connectivity index (χ2v) is 5.88. The van der Waals surface area contributed by atoms with E-state index in [9.17, 15) is 0 Å². The summed E-state index contributed by atoms with van der Waals surface area (Å²) in [5, 5.41) is 11.4. The lowest BCUT2D eigenvalue weighted by Crippen LogP contribution is -2.13. The van der Waals surface area contributed by atoms with Gasteiger partial charge >= 0.3 is 0 Å². The predicted octanol–water partition coefficient (Wildman–Crippen LogP) is 4.85. The lowest BCUT2D eigenvalue weighted by molar-refractivity contribution is 1.11. The molecule has 0 aromatic heterocycles. The van der Waals surface area contributed by atoms with Crippen molar-refractivity contribution in [3.63, 3.8) is 0 Å². The molecule has 0 heterocycles. The van der Waals surface area contributed by atoms with Crippen LogP contribution in [0.4, 0.5) is 0 Å². The van der Waals surface area contributed by atoms with Crippen LogP contribution in [0.2, 0.25) is 0 Å². The third-order valence-corrected chi connectivity index (χ3v) is 3.92. The molecule has 3 nitrogen and oxygen atoms in total. The molecule has 0 amide bonds. The molecule has 0 radical (unpaired) electrons. The summed E-state index contributed by atoms with van der Waals surface area (Å²) in [6, 6.07) is 18.8. The van der Waals surface area contributed by atoms with Gasteiger partial charge < -0.3 is 5.32 Å². The quantitative estimate of drug-likeness (QED) is 0.443. The van der Waals surface area contributed by atoms with E-state index in [4.69, 9.17) is 5.41 Å². The van der Waals surface area contributed by atoms with Gasteiger partial charge in [0.1, 0.15) is 0 Å². The van der Waals surface area contributed by atoms with Crippen LogP contribution in [0.25, 0.3) is 5.70 Å². The van der Waals surface area contributed by atoms with E-state index in [0.29, 0.717) is 0 Å². The maximum atomic E-state index is 8.19. The summed E-state index contributed by atoms with van der Waals surface area (Å²) in [5.41, 5.74) is 5.98. The molecule has 0 unspecified atom stereocenters. The van der Waals surface area contributed by atoms with Crippen molar-refractivity contribution in [2.75, 3.05) is 7.05 Å². The van der Waals surface area contributed by atoms with Crippen LogP contribution in [0.5, 0.6) is 0 Å². The molecule has 0 saturated carbocycles. The van der Waals surface area contributed by atoms with Gasteiger partial charge in [0.15, 0.2) is 5.84 Å². The zero-order chi connectivity index (χ0) is 18.2. The molecule has 0 spiro atoms. The highest BCUT2D eigenvalue weighted by Gasteiger charge is 2.13. The minimum atomic E-state index is 0.215. The smallest absolute Gasteiger partial charge is 0.153 e. The van der Waals surface area contributed by atoms with Crippen LogP contribution in [0.3, 0.4) is 0 Å². The first-order chi connectivity index (χ1) is 12.1. The van der Waals surface area contributed by atoms with E-state index < -0.39 is 0 Å². The Labute approximate surface area is 150 Å². The molecule has 0 fully saturated rings. The lowest BCUT2D eigenvalue weighted by atomic mass is 9.98. The van der Waals surface area contributed by atoms with Crippen molar-refractivity contribution in [2.45, 2.75) is 20.3 Å². The number of rotatable bonds is 6. The van der Waals surface area contributed by atoms with Gasteiger partial charge in [0.25, 0.3) is 0 Å². The van der Waals surface area contributed by atoms with Gasteiger partial charge in [-0.05, 0) is 42.5 Å². The van der Waals surface area contributed by atoms with Crippen molar-refractivity contribution in [1.82, 2.24) is 5.32 Å². The highest BCUT2D eigenvalue weighted by molar-refractivity contribution is 6.09. The van der Waals surface area contributed by atoms with Crippen molar-refractivity contribution in [2.24, 2.45) is 4.99 Å². The number of nitrogens with one attached hydrogen (secondary N) is 2. The molecule has 128 valence electrons. The van der Waals surface area contributed by atoms with E-state index in [1.54, 1.807) is 6.21 Å². The van der Waals surface area contributed by atoms with E-state index in [2.05, 4.69) is 65.4 Å². The molecule has 3 heteroatoms. The van der Waals surface area contributed by atoms with Crippen LogP contribution in [-0.4, -0.2) is 19.1 Å². The SMILES string of the molecule is C=C(C)C(C(=N)N=CC)=C(NC)c1ccc(Cc2ccccc2)cc1. The molecular formula is C22H25N3. The molecule has 2 aromatic carbocycles. The minimum absolute atomic E-state index is 0.215. The van der Waals surface area contributed by atoms with Gasteiger partial charge in [-0.25, -0.2) is 4.99 Å². The Bertz CT molecular complexity index is 797. The first-order valence-electron chi connectivity index (χ1n) is 8.35. The Morgan fingerprint density at radius 1 is 1.08 bits per heavy atom. The maximum absolute atomic E-state index is 8.19. The van der Waals surface area contributed by atoms with Gasteiger partial charge in [0.05, 0.1) is 5.70 Å². The average Bonchev–Trinajstić information content (AvgIpc) is 2.61. The Kier molecular flexibility index (Phi) is 6.47. The van der Waals surface area contributed by atoms with Crippen LogP contribution in [0, 0.1) is 5.41 Å². The monoisotopic (exact) mass is 331 g/mol. The number of aliphatic imine (C=N–C) groups is 1. The van der Waals surface area contributed by atoms with Gasteiger partial charge in [-0.3, -0.25) is 5.41 Å². The highest BCUT2D eigenvalue weighted by atomic mass is 14.9. The number of hydrogen-bond donors (Lipinski definition) is 2. The van der Waals surface area contributed by atoms with E-state index in [-0.39, 0.29) is 5.84 Å². The van der Waals surface area contributed by atoms with Crippen LogP contribution in [0.1, 0.15) is 30.5 Å². The summed E-state index contributed by atoms with van der Waals surface area (Å²) >= 11 is 0. The molecule has 0 atom stereocenters. The van der Waals surface area contributed by atoms with Crippen molar-refractivity contribution >= 4 is 17.7 Å². The number of hydrogen-bond acceptors (Lipinski definition) is 2. The molecule has 25 heavy (non-hydrogen) atoms. The fourth-order valence-electron chi connectivity index (χ4n) is 2.76. The lowest BCUT2D eigenvalue weighted by Gasteiger charge is -2.15. The van der Waals surface area contributed by atoms with Gasteiger partial charge in [0, 0.05) is 18.8 Å². The second-order valence-electron chi connectivity index (χ2n) is 5.88. The standard InChI is InChI=1S/C22H25N3/c1-5-25-22(23)20(16(2)3)21(24-4)19-13-11-18(12-14-19)15-17-9-7-6-8-10-17/h5-14,23-24H,2,15H2,1,3-4H3. The first-order valence-corrected chi connectivity index (χ1v) is 8.35. The van der Waals surface area contributed by atoms with Crippen LogP contribution < -0.4 is 5.32 Å². The molecular weight excluding hydrogens is 306 g/mol.